The summed E-state index contributed by atoms with van der Waals surface area (Å²) < 4.78 is 0. The second kappa shape index (κ2) is 3.54. The minimum atomic E-state index is -1.04. The Morgan fingerprint density at radius 1 is 1.64 bits per heavy atom. The van der Waals surface area contributed by atoms with Crippen LogP contribution in [0.5, 0.6) is 0 Å². The van der Waals surface area contributed by atoms with Crippen molar-refractivity contribution in [3.05, 3.63) is 0 Å². The van der Waals surface area contributed by atoms with Crippen LogP contribution in [-0.4, -0.2) is 28.9 Å². The second-order valence-corrected chi connectivity index (χ2v) is 2.67. The van der Waals surface area contributed by atoms with Crippen LogP contribution >= 0.6 is 0 Å². The number of nitrogens with zero attached hydrogens (tertiary/aromatic N) is 1. The van der Waals surface area contributed by atoms with Crippen molar-refractivity contribution in [3.63, 3.8) is 0 Å². The van der Waals surface area contributed by atoms with Crippen LogP contribution in [0.1, 0.15) is 19.3 Å². The van der Waals surface area contributed by atoms with Gasteiger partial charge in [-0.15, -0.1) is 0 Å². The molecule has 1 saturated heterocycles. The van der Waals surface area contributed by atoms with Crippen LogP contribution in [0.3, 0.4) is 0 Å². The van der Waals surface area contributed by atoms with E-state index < -0.39 is 6.09 Å². The van der Waals surface area contributed by atoms with Gasteiger partial charge in [-0.3, -0.25) is 5.43 Å². The van der Waals surface area contributed by atoms with Gasteiger partial charge in [-0.2, -0.15) is 0 Å². The number of nitrogens with two attached hydrogens (primary N) is 1. The zero-order valence-corrected chi connectivity index (χ0v) is 6.29. The Morgan fingerprint density at radius 2 is 2.36 bits per heavy atom. The lowest BCUT2D eigenvalue weighted by atomic mass is 10.1. The lowest BCUT2D eigenvalue weighted by Crippen LogP contribution is -2.54. The van der Waals surface area contributed by atoms with Crippen molar-refractivity contribution in [2.75, 3.05) is 6.54 Å². The number of piperidine rings is 1. The minimum absolute atomic E-state index is 0.153. The van der Waals surface area contributed by atoms with Crippen LogP contribution in [0.2, 0.25) is 0 Å². The fraction of sp³-hybridized carbons (Fsp3) is 0.833. The number of rotatable bonds is 1. The summed E-state index contributed by atoms with van der Waals surface area (Å²) in [6.07, 6.45) is 1.76. The Bertz CT molecular complexity index is 151. The number of nitrogens with one attached hydrogen (secondary N) is 1. The summed E-state index contributed by atoms with van der Waals surface area (Å²) in [5, 5.41) is 9.94. The van der Waals surface area contributed by atoms with E-state index in [9.17, 15) is 4.79 Å². The summed E-state index contributed by atoms with van der Waals surface area (Å²) in [6.45, 7) is 0.716. The molecule has 1 aliphatic heterocycles. The molecule has 0 aromatic heterocycles. The van der Waals surface area contributed by atoms with E-state index in [1.807, 2.05) is 0 Å². The van der Waals surface area contributed by atoms with Crippen molar-refractivity contribution in [2.24, 2.45) is 5.73 Å². The zero-order chi connectivity index (χ0) is 8.27. The van der Waals surface area contributed by atoms with Crippen molar-refractivity contribution in [3.8, 4) is 0 Å². The van der Waals surface area contributed by atoms with Gasteiger partial charge in [0.1, 0.15) is 0 Å². The molecule has 0 saturated carbocycles. The summed E-state index contributed by atoms with van der Waals surface area (Å²) in [7, 11) is 0. The van der Waals surface area contributed by atoms with Crippen molar-refractivity contribution in [1.82, 2.24) is 10.4 Å². The van der Waals surface area contributed by atoms with Crippen molar-refractivity contribution < 1.29 is 9.90 Å². The van der Waals surface area contributed by atoms with Crippen molar-refractivity contribution in [1.29, 1.82) is 0 Å². The molecule has 0 bridgehead atoms. The van der Waals surface area contributed by atoms with E-state index in [0.29, 0.717) is 6.54 Å². The third kappa shape index (κ3) is 2.36. The van der Waals surface area contributed by atoms with E-state index in [-0.39, 0.29) is 6.17 Å². The third-order valence-electron chi connectivity index (χ3n) is 1.79. The van der Waals surface area contributed by atoms with Gasteiger partial charge in [-0.05, 0) is 19.3 Å². The summed E-state index contributed by atoms with van der Waals surface area (Å²) >= 11 is 0. The largest absolute Gasteiger partial charge is 0.464 e. The quantitative estimate of drug-likeness (QED) is 0.501. The van der Waals surface area contributed by atoms with Crippen LogP contribution in [0.15, 0.2) is 0 Å². The SMILES string of the molecule is NC1CCCCN1NC(=O)O. The molecule has 1 unspecified atom stereocenters. The van der Waals surface area contributed by atoms with E-state index in [4.69, 9.17) is 10.8 Å². The number of amides is 1. The topological polar surface area (TPSA) is 78.6 Å². The number of hydrogen-bond donors (Lipinski definition) is 3. The average molecular weight is 159 g/mol. The Hall–Kier alpha value is -0.810. The summed E-state index contributed by atoms with van der Waals surface area (Å²) in [5.74, 6) is 0. The zero-order valence-electron chi connectivity index (χ0n) is 6.29. The first-order valence-electron chi connectivity index (χ1n) is 3.72. The number of hydrogen-bond acceptors (Lipinski definition) is 3. The highest BCUT2D eigenvalue weighted by Gasteiger charge is 2.19. The molecule has 0 aromatic rings. The fourth-order valence-electron chi connectivity index (χ4n) is 1.22. The lowest BCUT2D eigenvalue weighted by Gasteiger charge is -2.31. The Kier molecular flexibility index (Phi) is 2.67. The van der Waals surface area contributed by atoms with Gasteiger partial charge < -0.3 is 10.8 Å². The first kappa shape index (κ1) is 8.29. The molecule has 0 aliphatic carbocycles. The predicted octanol–water partition coefficient (Wildman–Crippen LogP) is -0.0603. The molecule has 11 heavy (non-hydrogen) atoms. The van der Waals surface area contributed by atoms with Crippen LogP contribution in [-0.2, 0) is 0 Å². The molecule has 0 aromatic carbocycles. The smallest absolute Gasteiger partial charge is 0.419 e. The van der Waals surface area contributed by atoms with Gasteiger partial charge in [0.05, 0.1) is 6.17 Å². The monoisotopic (exact) mass is 159 g/mol. The highest BCUT2D eigenvalue weighted by Crippen LogP contribution is 2.09. The Morgan fingerprint density at radius 3 is 2.91 bits per heavy atom. The summed E-state index contributed by atoms with van der Waals surface area (Å²) in [6, 6.07) is 0. The molecule has 1 fully saturated rings. The average Bonchev–Trinajstić information content (AvgIpc) is 1.93. The molecular formula is C6H13N3O2. The van der Waals surface area contributed by atoms with Crippen LogP contribution in [0.25, 0.3) is 0 Å². The standard InChI is InChI=1S/C6H13N3O2/c7-5-3-1-2-4-9(5)8-6(10)11/h5,8H,1-4,7H2,(H,10,11). The van der Waals surface area contributed by atoms with Gasteiger partial charge in [0.25, 0.3) is 0 Å². The fourth-order valence-corrected chi connectivity index (χ4v) is 1.22. The number of carboxylic acid groups (broad SMARTS) is 1. The highest BCUT2D eigenvalue weighted by atomic mass is 16.4. The third-order valence-corrected chi connectivity index (χ3v) is 1.79. The van der Waals surface area contributed by atoms with Crippen LogP contribution < -0.4 is 11.2 Å². The first-order valence-corrected chi connectivity index (χ1v) is 3.72. The Labute approximate surface area is 65.1 Å². The molecule has 0 radical (unpaired) electrons. The molecule has 0 spiro atoms. The molecule has 1 heterocycles. The van der Waals surface area contributed by atoms with Gasteiger partial charge in [-0.25, -0.2) is 9.80 Å². The van der Waals surface area contributed by atoms with Gasteiger partial charge in [0.2, 0.25) is 0 Å². The van der Waals surface area contributed by atoms with E-state index >= 15 is 0 Å². The molecule has 5 heteroatoms. The maximum Gasteiger partial charge on any atom is 0.419 e. The van der Waals surface area contributed by atoms with Crippen LogP contribution in [0, 0.1) is 0 Å². The Balaban J connectivity index is 2.35. The van der Waals surface area contributed by atoms with E-state index in [2.05, 4.69) is 5.43 Å². The van der Waals surface area contributed by atoms with Crippen molar-refractivity contribution in [2.45, 2.75) is 25.4 Å². The molecule has 1 atom stereocenters. The van der Waals surface area contributed by atoms with Gasteiger partial charge in [0, 0.05) is 6.54 Å². The van der Waals surface area contributed by atoms with Gasteiger partial charge in [0.15, 0.2) is 0 Å². The minimum Gasteiger partial charge on any atom is -0.464 e. The van der Waals surface area contributed by atoms with E-state index in [1.54, 1.807) is 5.01 Å². The molecule has 1 aliphatic rings. The van der Waals surface area contributed by atoms with Gasteiger partial charge >= 0.3 is 6.09 Å². The summed E-state index contributed by atoms with van der Waals surface area (Å²) in [4.78, 5) is 10.2. The van der Waals surface area contributed by atoms with E-state index in [0.717, 1.165) is 19.3 Å². The molecule has 1 amide bonds. The molecule has 5 nitrogen and oxygen atoms in total. The highest BCUT2D eigenvalue weighted by molar-refractivity contribution is 5.63. The maximum absolute atomic E-state index is 10.2. The van der Waals surface area contributed by atoms with E-state index in [1.165, 1.54) is 0 Å². The second-order valence-electron chi connectivity index (χ2n) is 2.67. The number of carbonyl (C=O) groups is 1. The van der Waals surface area contributed by atoms with Crippen molar-refractivity contribution >= 4 is 6.09 Å². The first-order chi connectivity index (χ1) is 5.20. The lowest BCUT2D eigenvalue weighted by molar-refractivity contribution is 0.0821. The summed E-state index contributed by atoms with van der Waals surface area (Å²) in [5.41, 5.74) is 7.88. The van der Waals surface area contributed by atoms with Gasteiger partial charge in [-0.1, -0.05) is 0 Å². The molecular weight excluding hydrogens is 146 g/mol. The normalized spacial score (nSPS) is 26.5. The predicted molar refractivity (Wildman–Crippen MR) is 39.7 cm³/mol. The molecule has 1 rings (SSSR count). The number of hydrazine groups is 1. The van der Waals surface area contributed by atoms with Crippen LogP contribution in [0.4, 0.5) is 4.79 Å². The molecule has 4 N–H and O–H groups in total. The maximum atomic E-state index is 10.2. The molecule has 64 valence electrons.